The first kappa shape index (κ1) is 20.1. The van der Waals surface area contributed by atoms with Crippen LogP contribution in [0.1, 0.15) is 12.3 Å². The fraction of sp³-hybridized carbons (Fsp3) is 0.150. The third kappa shape index (κ3) is 5.05. The Morgan fingerprint density at radius 3 is 2.63 bits per heavy atom. The number of halogens is 1. The molecule has 1 N–H and O–H groups in total. The van der Waals surface area contributed by atoms with Crippen LogP contribution in [0.15, 0.2) is 69.4 Å². The molecular weight excluding hydrogens is 424 g/mol. The van der Waals surface area contributed by atoms with Gasteiger partial charge in [0.15, 0.2) is 5.16 Å². The van der Waals surface area contributed by atoms with Crippen LogP contribution in [0, 0.1) is 0 Å². The van der Waals surface area contributed by atoms with Crippen molar-refractivity contribution >= 4 is 35.0 Å². The van der Waals surface area contributed by atoms with Crippen LogP contribution in [0.3, 0.4) is 0 Å². The number of rotatable bonds is 7. The molecule has 0 atom stereocenters. The summed E-state index contributed by atoms with van der Waals surface area (Å²) in [6.45, 7) is 0. The van der Waals surface area contributed by atoms with Gasteiger partial charge in [-0.1, -0.05) is 16.8 Å². The first-order valence-corrected chi connectivity index (χ1v) is 10.3. The molecule has 0 radical (unpaired) electrons. The number of hydrogen-bond donors (Lipinski definition) is 1. The van der Waals surface area contributed by atoms with Crippen LogP contribution in [0.5, 0.6) is 0 Å². The third-order valence-corrected chi connectivity index (χ3v) is 5.47. The van der Waals surface area contributed by atoms with E-state index in [1.165, 1.54) is 11.8 Å². The maximum absolute atomic E-state index is 12.2. The second-order valence-corrected chi connectivity index (χ2v) is 7.89. The summed E-state index contributed by atoms with van der Waals surface area (Å²) in [6.07, 6.45) is 2.24. The van der Waals surface area contributed by atoms with Crippen molar-refractivity contribution in [2.45, 2.75) is 22.9 Å². The number of aryl methyl sites for hydroxylation is 2. The van der Waals surface area contributed by atoms with Gasteiger partial charge in [0.2, 0.25) is 17.6 Å². The van der Waals surface area contributed by atoms with Gasteiger partial charge in [-0.3, -0.25) is 4.79 Å². The van der Waals surface area contributed by atoms with E-state index in [1.54, 1.807) is 18.5 Å². The van der Waals surface area contributed by atoms with Gasteiger partial charge in [-0.25, -0.2) is 0 Å². The third-order valence-electron chi connectivity index (χ3n) is 4.15. The molecule has 2 aromatic heterocycles. The quantitative estimate of drug-likeness (QED) is 0.458. The second-order valence-electron chi connectivity index (χ2n) is 6.42. The minimum atomic E-state index is -0.130. The van der Waals surface area contributed by atoms with E-state index in [-0.39, 0.29) is 12.3 Å². The largest absolute Gasteiger partial charge is 0.339 e. The Morgan fingerprint density at radius 2 is 1.93 bits per heavy atom. The topological polar surface area (TPSA) is 98.7 Å². The number of benzene rings is 2. The van der Waals surface area contributed by atoms with Gasteiger partial charge in [0.05, 0.1) is 0 Å². The molecule has 0 aliphatic carbocycles. The normalized spacial score (nSPS) is 10.9. The van der Waals surface area contributed by atoms with Crippen LogP contribution in [-0.2, 0) is 18.3 Å². The molecule has 0 aliphatic heterocycles. The van der Waals surface area contributed by atoms with Crippen LogP contribution in [0.2, 0.25) is 5.02 Å². The molecule has 0 saturated heterocycles. The summed E-state index contributed by atoms with van der Waals surface area (Å²) >= 11 is 7.38. The van der Waals surface area contributed by atoms with E-state index in [0.717, 1.165) is 21.3 Å². The van der Waals surface area contributed by atoms with Gasteiger partial charge < -0.3 is 14.4 Å². The Labute approximate surface area is 181 Å². The predicted molar refractivity (Wildman–Crippen MR) is 113 cm³/mol. The number of carbonyl (C=O) groups is 1. The molecule has 10 heteroatoms. The summed E-state index contributed by atoms with van der Waals surface area (Å²) in [4.78, 5) is 17.6. The lowest BCUT2D eigenvalue weighted by atomic mass is 10.2. The summed E-state index contributed by atoms with van der Waals surface area (Å²) in [7, 11) is 1.89. The zero-order chi connectivity index (χ0) is 20.9. The van der Waals surface area contributed by atoms with Crippen LogP contribution in [-0.4, -0.2) is 30.8 Å². The Morgan fingerprint density at radius 1 is 1.17 bits per heavy atom. The zero-order valence-electron chi connectivity index (χ0n) is 15.9. The van der Waals surface area contributed by atoms with Gasteiger partial charge >= 0.3 is 0 Å². The summed E-state index contributed by atoms with van der Waals surface area (Å²) in [6, 6.07) is 14.7. The van der Waals surface area contributed by atoms with E-state index in [9.17, 15) is 4.79 Å². The Bertz CT molecular complexity index is 1140. The Balaban J connectivity index is 1.29. The minimum absolute atomic E-state index is 0.130. The summed E-state index contributed by atoms with van der Waals surface area (Å²) in [5.41, 5.74) is 1.52. The fourth-order valence-corrected chi connectivity index (χ4v) is 3.48. The summed E-state index contributed by atoms with van der Waals surface area (Å²) in [5, 5.41) is 16.1. The molecule has 2 aromatic carbocycles. The smallest absolute Gasteiger partial charge is 0.227 e. The standard InChI is InChI=1S/C20H17ClN6O2S/c1-27-12-22-25-20(27)30-16-8-6-15(7-9-16)23-17(28)10-11-18-24-19(26-29-18)13-2-4-14(21)5-3-13/h2-9,12H,10-11H2,1H3,(H,23,28). The number of amides is 1. The Hall–Kier alpha value is -3.17. The fourth-order valence-electron chi connectivity index (χ4n) is 2.59. The van der Waals surface area contributed by atoms with Gasteiger partial charge in [-0.05, 0) is 60.3 Å². The Kier molecular flexibility index (Phi) is 6.10. The van der Waals surface area contributed by atoms with Crippen LogP contribution in [0.4, 0.5) is 5.69 Å². The second kappa shape index (κ2) is 9.10. The molecular formula is C20H17ClN6O2S. The zero-order valence-corrected chi connectivity index (χ0v) is 17.5. The molecule has 4 rings (SSSR count). The molecule has 0 spiro atoms. The number of carbonyl (C=O) groups excluding carboxylic acids is 1. The van der Waals surface area contributed by atoms with Crippen molar-refractivity contribution in [3.05, 3.63) is 65.8 Å². The van der Waals surface area contributed by atoms with Crippen molar-refractivity contribution in [3.63, 3.8) is 0 Å². The molecule has 4 aromatic rings. The lowest BCUT2D eigenvalue weighted by Gasteiger charge is -2.05. The van der Waals surface area contributed by atoms with Crippen LogP contribution < -0.4 is 5.32 Å². The molecule has 0 saturated carbocycles. The molecule has 0 aliphatic rings. The summed E-state index contributed by atoms with van der Waals surface area (Å²) in [5.74, 6) is 0.749. The predicted octanol–water partition coefficient (Wildman–Crippen LogP) is 4.24. The number of anilines is 1. The molecule has 152 valence electrons. The van der Waals surface area contributed by atoms with Gasteiger partial charge in [0.1, 0.15) is 6.33 Å². The van der Waals surface area contributed by atoms with E-state index in [1.807, 2.05) is 48.0 Å². The monoisotopic (exact) mass is 440 g/mol. The average molecular weight is 441 g/mol. The maximum Gasteiger partial charge on any atom is 0.227 e. The molecule has 30 heavy (non-hydrogen) atoms. The SMILES string of the molecule is Cn1cnnc1Sc1ccc(NC(=O)CCc2nc(-c3ccc(Cl)cc3)no2)cc1. The van der Waals surface area contributed by atoms with E-state index < -0.39 is 0 Å². The highest BCUT2D eigenvalue weighted by Gasteiger charge is 2.11. The molecule has 2 heterocycles. The van der Waals surface area contributed by atoms with E-state index in [0.29, 0.717) is 23.2 Å². The van der Waals surface area contributed by atoms with Gasteiger partial charge in [0.25, 0.3) is 0 Å². The lowest BCUT2D eigenvalue weighted by molar-refractivity contribution is -0.116. The molecule has 8 nitrogen and oxygen atoms in total. The first-order chi connectivity index (χ1) is 14.6. The number of nitrogens with zero attached hydrogens (tertiary/aromatic N) is 5. The average Bonchev–Trinajstić information content (AvgIpc) is 3.38. The number of aromatic nitrogens is 5. The van der Waals surface area contributed by atoms with Gasteiger partial charge in [-0.2, -0.15) is 4.98 Å². The van der Waals surface area contributed by atoms with E-state index in [2.05, 4.69) is 25.7 Å². The van der Waals surface area contributed by atoms with Crippen LogP contribution in [0.25, 0.3) is 11.4 Å². The first-order valence-electron chi connectivity index (χ1n) is 9.07. The van der Waals surface area contributed by atoms with Crippen molar-refractivity contribution in [2.75, 3.05) is 5.32 Å². The van der Waals surface area contributed by atoms with Gasteiger partial charge in [-0.15, -0.1) is 10.2 Å². The van der Waals surface area contributed by atoms with E-state index >= 15 is 0 Å². The van der Waals surface area contributed by atoms with Crippen molar-refractivity contribution in [1.29, 1.82) is 0 Å². The van der Waals surface area contributed by atoms with Crippen molar-refractivity contribution in [1.82, 2.24) is 24.9 Å². The number of hydrogen-bond acceptors (Lipinski definition) is 7. The van der Waals surface area contributed by atoms with Crippen molar-refractivity contribution < 1.29 is 9.32 Å². The highest BCUT2D eigenvalue weighted by atomic mass is 35.5. The molecule has 0 fully saturated rings. The number of nitrogens with one attached hydrogen (secondary N) is 1. The molecule has 0 unspecified atom stereocenters. The van der Waals surface area contributed by atoms with Crippen LogP contribution >= 0.6 is 23.4 Å². The lowest BCUT2D eigenvalue weighted by Crippen LogP contribution is -2.12. The van der Waals surface area contributed by atoms with Gasteiger partial charge in [0, 0.05) is 41.1 Å². The highest BCUT2D eigenvalue weighted by molar-refractivity contribution is 7.99. The minimum Gasteiger partial charge on any atom is -0.339 e. The van der Waals surface area contributed by atoms with Crippen molar-refractivity contribution in [3.8, 4) is 11.4 Å². The maximum atomic E-state index is 12.2. The highest BCUT2D eigenvalue weighted by Crippen LogP contribution is 2.26. The summed E-state index contributed by atoms with van der Waals surface area (Å²) < 4.78 is 7.08. The molecule has 0 bridgehead atoms. The van der Waals surface area contributed by atoms with Crippen molar-refractivity contribution in [2.24, 2.45) is 7.05 Å². The van der Waals surface area contributed by atoms with E-state index in [4.69, 9.17) is 16.1 Å². The molecule has 1 amide bonds.